The van der Waals surface area contributed by atoms with Crippen LogP contribution < -0.4 is 0 Å². The van der Waals surface area contributed by atoms with Gasteiger partial charge in [-0.15, -0.1) is 0 Å². The molecule has 1 fully saturated rings. The average molecular weight is 271 g/mol. The number of ketones is 1. The summed E-state index contributed by atoms with van der Waals surface area (Å²) >= 11 is 0. The van der Waals surface area contributed by atoms with E-state index in [2.05, 4.69) is 30.0 Å². The molecule has 1 unspecified atom stereocenters. The first-order valence-electron chi connectivity index (χ1n) is 7.44. The van der Waals surface area contributed by atoms with Crippen molar-refractivity contribution in [2.75, 3.05) is 0 Å². The van der Waals surface area contributed by atoms with Gasteiger partial charge in [-0.25, -0.2) is 6.57 Å². The largest absolute Gasteiger partial charge is 0.305 e. The molecule has 4 nitrogen and oxygen atoms in total. The third kappa shape index (κ3) is 1.65. The highest BCUT2D eigenvalue weighted by Crippen LogP contribution is 2.51. The van der Waals surface area contributed by atoms with Crippen LogP contribution >= 0.6 is 0 Å². The van der Waals surface area contributed by atoms with Gasteiger partial charge in [0.1, 0.15) is 0 Å². The number of nitrogens with zero attached hydrogens (tertiary/aromatic N) is 3. The first kappa shape index (κ1) is 13.4. The van der Waals surface area contributed by atoms with E-state index in [1.807, 2.05) is 11.7 Å². The number of fused-ring (bicyclic) bond motifs is 3. The van der Waals surface area contributed by atoms with Crippen LogP contribution in [0.3, 0.4) is 0 Å². The number of hydrogen-bond acceptors (Lipinski definition) is 2. The van der Waals surface area contributed by atoms with Crippen LogP contribution in [0.25, 0.3) is 4.85 Å². The fraction of sp³-hybridized carbons (Fsp3) is 0.688. The highest BCUT2D eigenvalue weighted by atomic mass is 16.1. The highest BCUT2D eigenvalue weighted by molar-refractivity contribution is 5.89. The Morgan fingerprint density at radius 3 is 3.00 bits per heavy atom. The molecule has 2 aliphatic carbocycles. The Morgan fingerprint density at radius 1 is 1.60 bits per heavy atom. The molecule has 4 heteroatoms. The maximum atomic E-state index is 12.5. The lowest BCUT2D eigenvalue weighted by atomic mass is 9.54. The molecular weight excluding hydrogens is 250 g/mol. The zero-order valence-corrected chi connectivity index (χ0v) is 12.4. The number of aromatic nitrogens is 2. The van der Waals surface area contributed by atoms with Gasteiger partial charge in [-0.1, -0.05) is 13.8 Å². The van der Waals surface area contributed by atoms with Crippen molar-refractivity contribution in [2.45, 2.75) is 51.0 Å². The predicted molar refractivity (Wildman–Crippen MR) is 76.2 cm³/mol. The Morgan fingerprint density at radius 2 is 2.35 bits per heavy atom. The van der Waals surface area contributed by atoms with Gasteiger partial charge in [0.25, 0.3) is 6.04 Å². The van der Waals surface area contributed by atoms with E-state index < -0.39 is 6.04 Å². The van der Waals surface area contributed by atoms with Gasteiger partial charge >= 0.3 is 0 Å². The van der Waals surface area contributed by atoms with Crippen LogP contribution in [0.5, 0.6) is 0 Å². The summed E-state index contributed by atoms with van der Waals surface area (Å²) in [5.74, 6) is 0.549. The van der Waals surface area contributed by atoms with Crippen molar-refractivity contribution >= 4 is 5.78 Å². The molecule has 4 atom stereocenters. The lowest BCUT2D eigenvalue weighted by Crippen LogP contribution is -2.52. The Kier molecular flexibility index (Phi) is 2.97. The lowest BCUT2D eigenvalue weighted by Gasteiger charge is -2.47. The van der Waals surface area contributed by atoms with Gasteiger partial charge in [0.15, 0.2) is 0 Å². The van der Waals surface area contributed by atoms with Crippen LogP contribution in [0.1, 0.15) is 44.4 Å². The van der Waals surface area contributed by atoms with E-state index in [0.29, 0.717) is 12.3 Å². The topological polar surface area (TPSA) is 39.2 Å². The van der Waals surface area contributed by atoms with Gasteiger partial charge in [-0.05, 0) is 30.7 Å². The summed E-state index contributed by atoms with van der Waals surface area (Å²) in [6, 6.07) is -0.478. The van der Waals surface area contributed by atoms with E-state index in [1.165, 1.54) is 5.56 Å². The molecule has 0 spiro atoms. The maximum absolute atomic E-state index is 12.5. The zero-order valence-electron chi connectivity index (χ0n) is 12.4. The van der Waals surface area contributed by atoms with Gasteiger partial charge in [0.05, 0.1) is 5.69 Å². The number of aryl methyl sites for hydroxylation is 2. The summed E-state index contributed by atoms with van der Waals surface area (Å²) in [5.41, 5.74) is 2.33. The second-order valence-corrected chi connectivity index (χ2v) is 6.51. The quantitative estimate of drug-likeness (QED) is 0.736. The molecule has 106 valence electrons. The number of rotatable bonds is 1. The zero-order chi connectivity index (χ0) is 14.5. The van der Waals surface area contributed by atoms with E-state index in [9.17, 15) is 4.79 Å². The molecule has 0 aromatic carbocycles. The number of carbonyl (C=O) groups is 1. The standard InChI is InChI=1S/C16H21N3O/c1-5-11-12-7-6-10-9-19(4)18-15(10)16(12,2)8-13(17-3)14(11)20/h9,11-13H,5-8H2,1-2,4H3/t11-,12-,13?,16-/m0/s1. The fourth-order valence-electron chi connectivity index (χ4n) is 4.44. The molecule has 0 radical (unpaired) electrons. The minimum Gasteiger partial charge on any atom is -0.305 e. The number of Topliss-reactive ketones (excluding diaryl/α,β-unsaturated/α-hetero) is 1. The van der Waals surface area contributed by atoms with Crippen LogP contribution in [-0.2, 0) is 23.7 Å². The van der Waals surface area contributed by atoms with Crippen molar-refractivity contribution < 1.29 is 4.79 Å². The monoisotopic (exact) mass is 271 g/mol. The second-order valence-electron chi connectivity index (χ2n) is 6.51. The van der Waals surface area contributed by atoms with Crippen LogP contribution in [-0.4, -0.2) is 21.6 Å². The van der Waals surface area contributed by atoms with E-state index >= 15 is 0 Å². The summed E-state index contributed by atoms with van der Waals surface area (Å²) in [7, 11) is 1.95. The normalized spacial score (nSPS) is 36.1. The van der Waals surface area contributed by atoms with E-state index in [0.717, 1.165) is 25.0 Å². The molecule has 1 aromatic heterocycles. The molecule has 0 N–H and O–H groups in total. The summed E-state index contributed by atoms with van der Waals surface area (Å²) in [6.07, 6.45) is 5.63. The molecular formula is C16H21N3O. The summed E-state index contributed by atoms with van der Waals surface area (Å²) in [5, 5.41) is 4.67. The molecule has 2 aliphatic rings. The van der Waals surface area contributed by atoms with Gasteiger partial charge < -0.3 is 4.85 Å². The molecule has 0 saturated heterocycles. The molecule has 1 heterocycles. The Hall–Kier alpha value is -1.63. The van der Waals surface area contributed by atoms with Crippen molar-refractivity contribution in [1.29, 1.82) is 0 Å². The Labute approximate surface area is 120 Å². The van der Waals surface area contributed by atoms with Gasteiger partial charge in [0.2, 0.25) is 5.78 Å². The van der Waals surface area contributed by atoms with E-state index in [-0.39, 0.29) is 17.1 Å². The minimum atomic E-state index is -0.478. The van der Waals surface area contributed by atoms with Crippen molar-refractivity contribution in [1.82, 2.24) is 9.78 Å². The average Bonchev–Trinajstić information content (AvgIpc) is 2.81. The summed E-state index contributed by atoms with van der Waals surface area (Å²) in [6.45, 7) is 11.6. The SMILES string of the molecule is [C-]#[N+]C1C[C@]2(C)c3nn(C)cc3CC[C@H]2[C@H](CC)C1=O. The molecule has 1 saturated carbocycles. The van der Waals surface area contributed by atoms with Crippen LogP contribution in [0.15, 0.2) is 6.20 Å². The van der Waals surface area contributed by atoms with Crippen LogP contribution in [0, 0.1) is 18.4 Å². The van der Waals surface area contributed by atoms with Gasteiger partial charge in [-0.3, -0.25) is 9.48 Å². The molecule has 1 aromatic rings. The van der Waals surface area contributed by atoms with E-state index in [1.54, 1.807) is 0 Å². The number of carbonyl (C=O) groups excluding carboxylic acids is 1. The van der Waals surface area contributed by atoms with Crippen molar-refractivity contribution in [3.63, 3.8) is 0 Å². The van der Waals surface area contributed by atoms with Crippen molar-refractivity contribution in [3.05, 3.63) is 28.9 Å². The fourth-order valence-corrected chi connectivity index (χ4v) is 4.44. The Balaban J connectivity index is 2.11. The van der Waals surface area contributed by atoms with Crippen molar-refractivity contribution in [3.8, 4) is 0 Å². The maximum Gasteiger partial charge on any atom is 0.282 e. The third-order valence-corrected chi connectivity index (χ3v) is 5.38. The predicted octanol–water partition coefficient (Wildman–Crippen LogP) is 2.53. The minimum absolute atomic E-state index is 0.0306. The molecule has 0 amide bonds. The third-order valence-electron chi connectivity index (χ3n) is 5.38. The van der Waals surface area contributed by atoms with Gasteiger partial charge in [0, 0.05) is 31.0 Å². The molecule has 20 heavy (non-hydrogen) atoms. The second kappa shape index (κ2) is 4.44. The summed E-state index contributed by atoms with van der Waals surface area (Å²) < 4.78 is 1.88. The van der Waals surface area contributed by atoms with Crippen molar-refractivity contribution in [2.24, 2.45) is 18.9 Å². The summed E-state index contributed by atoms with van der Waals surface area (Å²) in [4.78, 5) is 16.1. The Bertz CT molecular complexity index is 597. The highest BCUT2D eigenvalue weighted by Gasteiger charge is 2.56. The van der Waals surface area contributed by atoms with Gasteiger partial charge in [-0.2, -0.15) is 5.10 Å². The molecule has 0 bridgehead atoms. The van der Waals surface area contributed by atoms with Crippen LogP contribution in [0.2, 0.25) is 0 Å². The lowest BCUT2D eigenvalue weighted by molar-refractivity contribution is -0.130. The smallest absolute Gasteiger partial charge is 0.282 e. The first-order chi connectivity index (χ1) is 9.51. The number of hydrogen-bond donors (Lipinski definition) is 0. The van der Waals surface area contributed by atoms with E-state index in [4.69, 9.17) is 6.57 Å². The molecule has 0 aliphatic heterocycles. The van der Waals surface area contributed by atoms with Crippen LogP contribution in [0.4, 0.5) is 0 Å². The first-order valence-corrected chi connectivity index (χ1v) is 7.44. The molecule has 3 rings (SSSR count).